The van der Waals surface area contributed by atoms with Crippen LogP contribution in [0.2, 0.25) is 0 Å². The van der Waals surface area contributed by atoms with Gasteiger partial charge < -0.3 is 5.11 Å². The first-order chi connectivity index (χ1) is 6.52. The Bertz CT molecular complexity index is 310. The average molecular weight is 200 g/mol. The second-order valence-corrected chi connectivity index (χ2v) is 3.63. The third-order valence-electron chi connectivity index (χ3n) is 2.40. The third kappa shape index (κ3) is 2.51. The van der Waals surface area contributed by atoms with Gasteiger partial charge in [-0.1, -0.05) is 19.1 Å². The second-order valence-electron chi connectivity index (χ2n) is 3.63. The van der Waals surface area contributed by atoms with Gasteiger partial charge >= 0.3 is 0 Å². The van der Waals surface area contributed by atoms with Crippen LogP contribution < -0.4 is 0 Å². The predicted octanol–water partition coefficient (Wildman–Crippen LogP) is 2.52. The maximum atomic E-state index is 13.2. The van der Waals surface area contributed by atoms with Gasteiger partial charge in [-0.15, -0.1) is 0 Å². The van der Waals surface area contributed by atoms with Gasteiger partial charge in [-0.2, -0.15) is 0 Å². The zero-order valence-corrected chi connectivity index (χ0v) is 8.30. The van der Waals surface area contributed by atoms with Gasteiger partial charge in [0.05, 0.1) is 6.10 Å². The molecule has 0 aliphatic carbocycles. The minimum atomic E-state index is -0.833. The highest BCUT2D eigenvalue weighted by atomic mass is 19.2. The first kappa shape index (κ1) is 11.1. The molecule has 1 aromatic rings. The molecular weight excluding hydrogens is 186 g/mol. The number of hydrogen-bond acceptors (Lipinski definition) is 1. The van der Waals surface area contributed by atoms with Gasteiger partial charge in [-0.25, -0.2) is 8.78 Å². The van der Waals surface area contributed by atoms with Crippen LogP contribution in [0.3, 0.4) is 0 Å². The number of aliphatic hydroxyl groups is 1. The lowest BCUT2D eigenvalue weighted by molar-refractivity contribution is 0.134. The van der Waals surface area contributed by atoms with Crippen LogP contribution in [0, 0.1) is 17.6 Å². The number of aliphatic hydroxyl groups excluding tert-OH is 1. The summed E-state index contributed by atoms with van der Waals surface area (Å²) >= 11 is 0. The Morgan fingerprint density at radius 3 is 2.50 bits per heavy atom. The van der Waals surface area contributed by atoms with Crippen molar-refractivity contribution in [1.82, 2.24) is 0 Å². The van der Waals surface area contributed by atoms with E-state index in [0.29, 0.717) is 12.0 Å². The summed E-state index contributed by atoms with van der Waals surface area (Å²) in [4.78, 5) is 0. The molecule has 2 unspecified atom stereocenters. The van der Waals surface area contributed by atoms with Crippen molar-refractivity contribution < 1.29 is 13.9 Å². The van der Waals surface area contributed by atoms with Crippen molar-refractivity contribution >= 4 is 0 Å². The summed E-state index contributed by atoms with van der Waals surface area (Å²) < 4.78 is 26.0. The molecule has 0 amide bonds. The van der Waals surface area contributed by atoms with Crippen LogP contribution in [0.5, 0.6) is 0 Å². The topological polar surface area (TPSA) is 20.2 Å². The van der Waals surface area contributed by atoms with Crippen molar-refractivity contribution in [3.05, 3.63) is 35.4 Å². The molecule has 78 valence electrons. The van der Waals surface area contributed by atoms with Gasteiger partial charge in [0.15, 0.2) is 11.6 Å². The molecule has 2 atom stereocenters. The Balaban J connectivity index is 2.82. The molecule has 0 aromatic heterocycles. The van der Waals surface area contributed by atoms with Crippen molar-refractivity contribution in [2.24, 2.45) is 5.92 Å². The highest BCUT2D eigenvalue weighted by Gasteiger charge is 2.14. The molecule has 0 bridgehead atoms. The normalized spacial score (nSPS) is 15.2. The number of rotatable bonds is 3. The van der Waals surface area contributed by atoms with Crippen molar-refractivity contribution in [2.45, 2.75) is 26.4 Å². The lowest BCUT2D eigenvalue weighted by atomic mass is 9.96. The molecule has 0 aliphatic heterocycles. The molecule has 0 heterocycles. The lowest BCUT2D eigenvalue weighted by Crippen LogP contribution is -2.16. The molecule has 1 nitrogen and oxygen atoms in total. The van der Waals surface area contributed by atoms with Crippen LogP contribution in [0.1, 0.15) is 19.4 Å². The van der Waals surface area contributed by atoms with E-state index in [9.17, 15) is 13.9 Å². The lowest BCUT2D eigenvalue weighted by Gasteiger charge is -2.14. The molecule has 0 aliphatic rings. The number of halogens is 2. The highest BCUT2D eigenvalue weighted by Crippen LogP contribution is 2.17. The molecule has 1 N–H and O–H groups in total. The summed E-state index contributed by atoms with van der Waals surface area (Å²) in [7, 11) is 0. The third-order valence-corrected chi connectivity index (χ3v) is 2.40. The molecular formula is C11H14F2O. The van der Waals surface area contributed by atoms with E-state index >= 15 is 0 Å². The predicted molar refractivity (Wildman–Crippen MR) is 50.9 cm³/mol. The van der Waals surface area contributed by atoms with Gasteiger partial charge in [0.1, 0.15) is 0 Å². The summed E-state index contributed by atoms with van der Waals surface area (Å²) in [6, 6.07) is 4.10. The van der Waals surface area contributed by atoms with Crippen molar-refractivity contribution in [2.75, 3.05) is 0 Å². The number of hydrogen-bond donors (Lipinski definition) is 1. The average Bonchev–Trinajstić information content (AvgIpc) is 2.12. The molecule has 1 rings (SSSR count). The Morgan fingerprint density at radius 1 is 1.29 bits per heavy atom. The van der Waals surface area contributed by atoms with Crippen LogP contribution in [-0.2, 0) is 6.42 Å². The van der Waals surface area contributed by atoms with Crippen molar-refractivity contribution in [3.8, 4) is 0 Å². The van der Waals surface area contributed by atoms with E-state index in [0.717, 1.165) is 6.07 Å². The zero-order chi connectivity index (χ0) is 10.7. The van der Waals surface area contributed by atoms with Crippen LogP contribution in [0.25, 0.3) is 0 Å². The summed E-state index contributed by atoms with van der Waals surface area (Å²) in [6.45, 7) is 3.44. The highest BCUT2D eigenvalue weighted by molar-refractivity contribution is 5.19. The quantitative estimate of drug-likeness (QED) is 0.794. The van der Waals surface area contributed by atoms with Gasteiger partial charge in [-0.05, 0) is 30.9 Å². The van der Waals surface area contributed by atoms with Crippen LogP contribution in [0.15, 0.2) is 18.2 Å². The summed E-state index contributed by atoms with van der Waals surface area (Å²) in [5.41, 5.74) is 0.318. The van der Waals surface area contributed by atoms with Gasteiger partial charge in [0, 0.05) is 0 Å². The minimum Gasteiger partial charge on any atom is -0.393 e. The second kappa shape index (κ2) is 4.51. The van der Waals surface area contributed by atoms with E-state index in [1.807, 2.05) is 0 Å². The Morgan fingerprint density at radius 2 is 1.93 bits per heavy atom. The minimum absolute atomic E-state index is 0.0775. The first-order valence-electron chi connectivity index (χ1n) is 4.63. The van der Waals surface area contributed by atoms with E-state index in [2.05, 4.69) is 0 Å². The molecule has 3 heteroatoms. The van der Waals surface area contributed by atoms with Crippen molar-refractivity contribution in [1.29, 1.82) is 0 Å². The molecule has 14 heavy (non-hydrogen) atoms. The van der Waals surface area contributed by atoms with Gasteiger partial charge in [0.25, 0.3) is 0 Å². The monoisotopic (exact) mass is 200 g/mol. The maximum Gasteiger partial charge on any atom is 0.162 e. The summed E-state index contributed by atoms with van der Waals surface area (Å²) in [6.07, 6.45) is -0.168. The standard InChI is InChI=1S/C11H14F2O/c1-7(8(2)14)6-9-4-3-5-10(12)11(9)13/h3-5,7-8,14H,6H2,1-2H3. The fraction of sp³-hybridized carbons (Fsp3) is 0.455. The van der Waals surface area contributed by atoms with E-state index in [1.165, 1.54) is 12.1 Å². The van der Waals surface area contributed by atoms with E-state index in [4.69, 9.17) is 0 Å². The summed E-state index contributed by atoms with van der Waals surface area (Å²) in [5.74, 6) is -1.72. The SMILES string of the molecule is CC(O)C(C)Cc1cccc(F)c1F. The molecule has 0 fully saturated rings. The van der Waals surface area contributed by atoms with Crippen LogP contribution in [-0.4, -0.2) is 11.2 Å². The summed E-state index contributed by atoms with van der Waals surface area (Å²) in [5, 5.41) is 9.23. The van der Waals surface area contributed by atoms with E-state index in [1.54, 1.807) is 13.8 Å². The Hall–Kier alpha value is -0.960. The van der Waals surface area contributed by atoms with Gasteiger partial charge in [0.2, 0.25) is 0 Å². The van der Waals surface area contributed by atoms with Crippen LogP contribution in [0.4, 0.5) is 8.78 Å². The fourth-order valence-corrected chi connectivity index (χ4v) is 1.22. The molecule has 0 radical (unpaired) electrons. The molecule has 1 aromatic carbocycles. The zero-order valence-electron chi connectivity index (χ0n) is 8.30. The first-order valence-corrected chi connectivity index (χ1v) is 4.63. The molecule has 0 saturated heterocycles. The maximum absolute atomic E-state index is 13.2. The molecule has 0 spiro atoms. The largest absolute Gasteiger partial charge is 0.393 e. The Kier molecular flexibility index (Phi) is 3.58. The fourth-order valence-electron chi connectivity index (χ4n) is 1.22. The van der Waals surface area contributed by atoms with E-state index < -0.39 is 17.7 Å². The van der Waals surface area contributed by atoms with Crippen molar-refractivity contribution in [3.63, 3.8) is 0 Å². The van der Waals surface area contributed by atoms with Gasteiger partial charge in [-0.3, -0.25) is 0 Å². The Labute approximate surface area is 82.4 Å². The van der Waals surface area contributed by atoms with E-state index in [-0.39, 0.29) is 5.92 Å². The number of benzene rings is 1. The van der Waals surface area contributed by atoms with Crippen LogP contribution >= 0.6 is 0 Å². The molecule has 0 saturated carbocycles. The smallest absolute Gasteiger partial charge is 0.162 e.